The summed E-state index contributed by atoms with van der Waals surface area (Å²) in [4.78, 5) is 12.2. The van der Waals surface area contributed by atoms with E-state index in [1.54, 1.807) is 6.07 Å². The van der Waals surface area contributed by atoms with Crippen LogP contribution in [-0.2, 0) is 0 Å². The van der Waals surface area contributed by atoms with Crippen LogP contribution in [0.1, 0.15) is 23.0 Å². The largest absolute Gasteiger partial charge is 0.289 e. The number of benzene rings is 2. The minimum absolute atomic E-state index is 0.334. The van der Waals surface area contributed by atoms with E-state index in [1.165, 1.54) is 0 Å². The van der Waals surface area contributed by atoms with Crippen molar-refractivity contribution in [1.29, 1.82) is 0 Å². The van der Waals surface area contributed by atoms with Crippen molar-refractivity contribution in [2.24, 2.45) is 5.10 Å². The van der Waals surface area contributed by atoms with E-state index in [4.69, 9.17) is 0 Å². The number of H-pyrrole nitrogens is 1. The molecule has 0 aliphatic rings. The maximum Gasteiger partial charge on any atom is 0.289 e. The molecule has 120 valence electrons. The number of carbonyl (C=O) groups excluding carboxylic acids is 1. The van der Waals surface area contributed by atoms with Gasteiger partial charge in [-0.25, -0.2) is 5.43 Å². The van der Waals surface area contributed by atoms with Crippen LogP contribution in [0.4, 0.5) is 0 Å². The summed E-state index contributed by atoms with van der Waals surface area (Å²) < 4.78 is 0.960. The van der Waals surface area contributed by atoms with E-state index in [-0.39, 0.29) is 5.91 Å². The van der Waals surface area contributed by atoms with Crippen LogP contribution in [0.15, 0.2) is 70.2 Å². The van der Waals surface area contributed by atoms with Gasteiger partial charge in [0.15, 0.2) is 0 Å². The molecular formula is C18H15BrN4O. The molecule has 0 fully saturated rings. The molecule has 1 aromatic heterocycles. The highest BCUT2D eigenvalue weighted by Gasteiger charge is 2.10. The van der Waals surface area contributed by atoms with Crippen molar-refractivity contribution in [3.63, 3.8) is 0 Å². The van der Waals surface area contributed by atoms with E-state index in [2.05, 4.69) is 36.7 Å². The number of hydrogen-bond donors (Lipinski definition) is 2. The lowest BCUT2D eigenvalue weighted by Crippen LogP contribution is -2.19. The zero-order valence-corrected chi connectivity index (χ0v) is 14.5. The number of nitrogens with one attached hydrogen (secondary N) is 2. The van der Waals surface area contributed by atoms with Gasteiger partial charge in [-0.1, -0.05) is 58.4 Å². The molecule has 2 aromatic carbocycles. The van der Waals surface area contributed by atoms with Gasteiger partial charge in [0.05, 0.1) is 11.4 Å². The van der Waals surface area contributed by atoms with Gasteiger partial charge >= 0.3 is 0 Å². The number of amides is 1. The zero-order valence-electron chi connectivity index (χ0n) is 13.0. The van der Waals surface area contributed by atoms with E-state index in [9.17, 15) is 4.79 Å². The number of aromatic amines is 1. The van der Waals surface area contributed by atoms with Crippen molar-refractivity contribution in [3.05, 3.63) is 76.4 Å². The van der Waals surface area contributed by atoms with E-state index in [1.807, 2.05) is 61.5 Å². The van der Waals surface area contributed by atoms with Crippen LogP contribution in [0.2, 0.25) is 0 Å². The van der Waals surface area contributed by atoms with Crippen molar-refractivity contribution in [2.75, 3.05) is 0 Å². The smallest absolute Gasteiger partial charge is 0.272 e. The monoisotopic (exact) mass is 382 g/mol. The summed E-state index contributed by atoms with van der Waals surface area (Å²) in [6.45, 7) is 1.84. The van der Waals surface area contributed by atoms with Crippen molar-refractivity contribution >= 4 is 27.5 Å². The fourth-order valence-electron chi connectivity index (χ4n) is 2.17. The first-order chi connectivity index (χ1) is 11.6. The number of hydrazone groups is 1. The highest BCUT2D eigenvalue weighted by molar-refractivity contribution is 9.10. The van der Waals surface area contributed by atoms with Gasteiger partial charge in [-0.2, -0.15) is 10.2 Å². The second kappa shape index (κ2) is 7.23. The number of hydrogen-bond acceptors (Lipinski definition) is 3. The van der Waals surface area contributed by atoms with Gasteiger partial charge in [0.1, 0.15) is 5.69 Å². The molecule has 0 aliphatic carbocycles. The van der Waals surface area contributed by atoms with E-state index >= 15 is 0 Å². The molecule has 2 N–H and O–H groups in total. The Labute approximate surface area is 147 Å². The van der Waals surface area contributed by atoms with Crippen LogP contribution in [0.5, 0.6) is 0 Å². The molecule has 0 spiro atoms. The SMILES string of the molecule is C/C(=N\NC(=O)c1cc(-c2ccccc2)n[nH]1)c1cccc(Br)c1. The fourth-order valence-corrected chi connectivity index (χ4v) is 2.57. The maximum atomic E-state index is 12.2. The summed E-state index contributed by atoms with van der Waals surface area (Å²) in [6, 6.07) is 19.1. The predicted molar refractivity (Wildman–Crippen MR) is 97.8 cm³/mol. The Hall–Kier alpha value is -2.73. The number of halogens is 1. The maximum absolute atomic E-state index is 12.2. The highest BCUT2D eigenvalue weighted by atomic mass is 79.9. The summed E-state index contributed by atoms with van der Waals surface area (Å²) in [5.41, 5.74) is 6.21. The predicted octanol–water partition coefficient (Wildman–Crippen LogP) is 3.99. The van der Waals surface area contributed by atoms with Gasteiger partial charge in [0, 0.05) is 10.0 Å². The standard InChI is InChI=1S/C18H15BrN4O/c1-12(14-8-5-9-15(19)10-14)20-23-18(24)17-11-16(21-22-17)13-6-3-2-4-7-13/h2-11H,1H3,(H,21,22)(H,23,24)/b20-12+. The van der Waals surface area contributed by atoms with Gasteiger partial charge in [-0.05, 0) is 30.7 Å². The van der Waals surface area contributed by atoms with Crippen molar-refractivity contribution in [2.45, 2.75) is 6.92 Å². The topological polar surface area (TPSA) is 70.1 Å². The lowest BCUT2D eigenvalue weighted by atomic mass is 10.1. The molecule has 3 rings (SSSR count). The molecule has 5 nitrogen and oxygen atoms in total. The first kappa shape index (κ1) is 16.1. The van der Waals surface area contributed by atoms with E-state index in [0.29, 0.717) is 17.1 Å². The summed E-state index contributed by atoms with van der Waals surface area (Å²) in [5, 5.41) is 11.0. The Kier molecular flexibility index (Phi) is 4.86. The molecule has 0 saturated heterocycles. The number of carbonyl (C=O) groups is 1. The van der Waals surface area contributed by atoms with Gasteiger partial charge in [-0.15, -0.1) is 0 Å². The second-order valence-corrected chi connectivity index (χ2v) is 6.10. The molecule has 6 heteroatoms. The van der Waals surface area contributed by atoms with Gasteiger partial charge in [0.2, 0.25) is 0 Å². The van der Waals surface area contributed by atoms with E-state index < -0.39 is 0 Å². The van der Waals surface area contributed by atoms with Crippen LogP contribution < -0.4 is 5.43 Å². The zero-order chi connectivity index (χ0) is 16.9. The van der Waals surface area contributed by atoms with Crippen molar-refractivity contribution < 1.29 is 4.79 Å². The Bertz CT molecular complexity index is 887. The third kappa shape index (κ3) is 3.78. The summed E-state index contributed by atoms with van der Waals surface area (Å²) in [5.74, 6) is -0.334. The first-order valence-corrected chi connectivity index (χ1v) is 8.14. The number of nitrogens with zero attached hydrogens (tertiary/aromatic N) is 2. The fraction of sp³-hybridized carbons (Fsp3) is 0.0556. The van der Waals surface area contributed by atoms with Gasteiger partial charge in [0.25, 0.3) is 5.91 Å². The quantitative estimate of drug-likeness (QED) is 0.528. The Balaban J connectivity index is 1.71. The Morgan fingerprint density at radius 1 is 1.12 bits per heavy atom. The van der Waals surface area contributed by atoms with Crippen molar-refractivity contribution in [1.82, 2.24) is 15.6 Å². The normalized spacial score (nSPS) is 11.3. The minimum Gasteiger partial charge on any atom is -0.272 e. The van der Waals surface area contributed by atoms with E-state index in [0.717, 1.165) is 15.6 Å². The van der Waals surface area contributed by atoms with Crippen LogP contribution in [0.3, 0.4) is 0 Å². The molecule has 1 heterocycles. The summed E-state index contributed by atoms with van der Waals surface area (Å²) >= 11 is 3.42. The number of rotatable bonds is 4. The molecular weight excluding hydrogens is 368 g/mol. The van der Waals surface area contributed by atoms with Crippen LogP contribution in [-0.4, -0.2) is 21.8 Å². The van der Waals surface area contributed by atoms with Gasteiger partial charge < -0.3 is 0 Å². The molecule has 1 amide bonds. The van der Waals surface area contributed by atoms with Crippen LogP contribution >= 0.6 is 15.9 Å². The first-order valence-electron chi connectivity index (χ1n) is 7.35. The molecule has 0 aliphatic heterocycles. The third-order valence-corrected chi connectivity index (χ3v) is 3.95. The second-order valence-electron chi connectivity index (χ2n) is 5.18. The number of aromatic nitrogens is 2. The van der Waals surface area contributed by atoms with Gasteiger partial charge in [-0.3, -0.25) is 9.89 Å². The Morgan fingerprint density at radius 2 is 1.92 bits per heavy atom. The molecule has 24 heavy (non-hydrogen) atoms. The molecule has 0 saturated carbocycles. The average Bonchev–Trinajstić information content (AvgIpc) is 3.10. The lowest BCUT2D eigenvalue weighted by molar-refractivity contribution is 0.0950. The molecule has 0 bridgehead atoms. The van der Waals surface area contributed by atoms with Crippen LogP contribution in [0, 0.1) is 0 Å². The molecule has 0 radical (unpaired) electrons. The van der Waals surface area contributed by atoms with Crippen molar-refractivity contribution in [3.8, 4) is 11.3 Å². The summed E-state index contributed by atoms with van der Waals surface area (Å²) in [6.07, 6.45) is 0. The molecule has 3 aromatic rings. The molecule has 0 unspecified atom stereocenters. The minimum atomic E-state index is -0.334. The lowest BCUT2D eigenvalue weighted by Gasteiger charge is -2.02. The molecule has 0 atom stereocenters. The average molecular weight is 383 g/mol. The summed E-state index contributed by atoms with van der Waals surface area (Å²) in [7, 11) is 0. The third-order valence-electron chi connectivity index (χ3n) is 3.46. The highest BCUT2D eigenvalue weighted by Crippen LogP contribution is 2.17. The van der Waals surface area contributed by atoms with Crippen LogP contribution in [0.25, 0.3) is 11.3 Å². The Morgan fingerprint density at radius 3 is 2.67 bits per heavy atom.